The Kier molecular flexibility index (Phi) is 4.31. The standard InChI is InChI=1S/C11H11BrClNO/c1-3-4-7(2)15-11-6-10(14)9(13)5-8(11)12/h5-7H,14H2,1-2H3/t7-/m0/s1. The highest BCUT2D eigenvalue weighted by Crippen LogP contribution is 2.33. The van der Waals surface area contributed by atoms with Crippen LogP contribution >= 0.6 is 27.5 Å². The number of anilines is 1. The van der Waals surface area contributed by atoms with Gasteiger partial charge in [0.25, 0.3) is 0 Å². The first-order valence-electron chi connectivity index (χ1n) is 4.38. The molecule has 0 fully saturated rings. The molecule has 0 unspecified atom stereocenters. The molecule has 0 bridgehead atoms. The maximum Gasteiger partial charge on any atom is 0.156 e. The van der Waals surface area contributed by atoms with E-state index in [-0.39, 0.29) is 6.10 Å². The van der Waals surface area contributed by atoms with Gasteiger partial charge >= 0.3 is 0 Å². The lowest BCUT2D eigenvalue weighted by Crippen LogP contribution is -2.09. The van der Waals surface area contributed by atoms with Gasteiger partial charge in [0, 0.05) is 6.07 Å². The van der Waals surface area contributed by atoms with Gasteiger partial charge in [0.05, 0.1) is 15.2 Å². The molecule has 4 heteroatoms. The Morgan fingerprint density at radius 3 is 2.80 bits per heavy atom. The summed E-state index contributed by atoms with van der Waals surface area (Å²) >= 11 is 9.19. The molecule has 15 heavy (non-hydrogen) atoms. The van der Waals surface area contributed by atoms with Crippen molar-refractivity contribution >= 4 is 33.2 Å². The van der Waals surface area contributed by atoms with E-state index in [0.717, 1.165) is 4.47 Å². The molecule has 0 saturated carbocycles. The van der Waals surface area contributed by atoms with Gasteiger partial charge in [-0.25, -0.2) is 0 Å². The minimum atomic E-state index is -0.174. The average Bonchev–Trinajstić information content (AvgIpc) is 2.14. The monoisotopic (exact) mass is 287 g/mol. The lowest BCUT2D eigenvalue weighted by molar-refractivity contribution is 0.277. The van der Waals surface area contributed by atoms with Crippen molar-refractivity contribution in [3.05, 3.63) is 21.6 Å². The van der Waals surface area contributed by atoms with Gasteiger partial charge in [0.2, 0.25) is 0 Å². The lowest BCUT2D eigenvalue weighted by Gasteiger charge is -2.12. The fraction of sp³-hybridized carbons (Fsp3) is 0.273. The number of rotatable bonds is 2. The Bertz CT molecular complexity index is 423. The van der Waals surface area contributed by atoms with Crippen molar-refractivity contribution in [2.24, 2.45) is 0 Å². The number of ether oxygens (including phenoxy) is 1. The summed E-state index contributed by atoms with van der Waals surface area (Å²) < 4.78 is 6.33. The predicted octanol–water partition coefficient (Wildman–Crippen LogP) is 3.48. The molecule has 0 radical (unpaired) electrons. The maximum atomic E-state index is 5.85. The molecule has 80 valence electrons. The summed E-state index contributed by atoms with van der Waals surface area (Å²) in [6, 6.07) is 3.39. The van der Waals surface area contributed by atoms with Crippen molar-refractivity contribution in [1.82, 2.24) is 0 Å². The topological polar surface area (TPSA) is 35.2 Å². The van der Waals surface area contributed by atoms with E-state index in [9.17, 15) is 0 Å². The zero-order valence-corrected chi connectivity index (χ0v) is 10.8. The number of nitrogens with two attached hydrogens (primary N) is 1. The van der Waals surface area contributed by atoms with Crippen LogP contribution in [0.25, 0.3) is 0 Å². The van der Waals surface area contributed by atoms with Crippen molar-refractivity contribution in [1.29, 1.82) is 0 Å². The Morgan fingerprint density at radius 2 is 2.20 bits per heavy atom. The van der Waals surface area contributed by atoms with Crippen LogP contribution in [0.2, 0.25) is 5.02 Å². The molecule has 0 spiro atoms. The van der Waals surface area contributed by atoms with Gasteiger partial charge in [0.1, 0.15) is 5.75 Å². The van der Waals surface area contributed by atoms with Crippen LogP contribution in [-0.2, 0) is 0 Å². The number of hydrogen-bond acceptors (Lipinski definition) is 2. The average molecular weight is 289 g/mol. The van der Waals surface area contributed by atoms with Crippen LogP contribution in [-0.4, -0.2) is 6.10 Å². The third-order valence-corrected chi connectivity index (χ3v) is 2.65. The second-order valence-corrected chi connectivity index (χ2v) is 4.22. The van der Waals surface area contributed by atoms with Gasteiger partial charge in [-0.3, -0.25) is 0 Å². The SMILES string of the molecule is CC#C[C@H](C)Oc1cc(N)c(Cl)cc1Br. The third-order valence-electron chi connectivity index (χ3n) is 1.70. The molecule has 1 aromatic rings. The van der Waals surface area contributed by atoms with Gasteiger partial charge < -0.3 is 10.5 Å². The third kappa shape index (κ3) is 3.33. The Hall–Kier alpha value is -0.850. The Labute approximate surface area is 103 Å². The first-order valence-corrected chi connectivity index (χ1v) is 5.55. The summed E-state index contributed by atoms with van der Waals surface area (Å²) in [5, 5.41) is 0.503. The Morgan fingerprint density at radius 1 is 1.53 bits per heavy atom. The number of nitrogen functional groups attached to an aromatic ring is 1. The smallest absolute Gasteiger partial charge is 0.156 e. The molecule has 1 atom stereocenters. The number of halogens is 2. The van der Waals surface area contributed by atoms with E-state index in [2.05, 4.69) is 27.8 Å². The molecular formula is C11H11BrClNO. The molecule has 0 aromatic heterocycles. The number of benzene rings is 1. The molecule has 0 amide bonds. The van der Waals surface area contributed by atoms with E-state index in [4.69, 9.17) is 22.1 Å². The normalized spacial score (nSPS) is 11.5. The van der Waals surface area contributed by atoms with Crippen LogP contribution in [0.5, 0.6) is 5.75 Å². The van der Waals surface area contributed by atoms with Crippen molar-refractivity contribution in [3.63, 3.8) is 0 Å². The largest absolute Gasteiger partial charge is 0.477 e. The van der Waals surface area contributed by atoms with Crippen LogP contribution in [0.4, 0.5) is 5.69 Å². The van der Waals surface area contributed by atoms with Gasteiger partial charge in [0.15, 0.2) is 6.10 Å². The molecule has 0 heterocycles. The Balaban J connectivity index is 2.93. The molecule has 1 aromatic carbocycles. The highest BCUT2D eigenvalue weighted by atomic mass is 79.9. The minimum absolute atomic E-state index is 0.174. The fourth-order valence-corrected chi connectivity index (χ4v) is 1.79. The van der Waals surface area contributed by atoms with Crippen molar-refractivity contribution < 1.29 is 4.74 Å². The molecule has 0 saturated heterocycles. The molecule has 0 aliphatic heterocycles. The maximum absolute atomic E-state index is 5.85. The second kappa shape index (κ2) is 5.29. The van der Waals surface area contributed by atoms with Crippen LogP contribution in [0.1, 0.15) is 13.8 Å². The second-order valence-electron chi connectivity index (χ2n) is 2.96. The molecule has 2 nitrogen and oxygen atoms in total. The molecule has 1 rings (SSSR count). The van der Waals surface area contributed by atoms with Crippen molar-refractivity contribution in [3.8, 4) is 17.6 Å². The minimum Gasteiger partial charge on any atom is -0.477 e. The van der Waals surface area contributed by atoms with E-state index in [1.165, 1.54) is 0 Å². The summed E-state index contributed by atoms with van der Waals surface area (Å²) in [5.41, 5.74) is 6.16. The molecule has 2 N–H and O–H groups in total. The van der Waals surface area contributed by atoms with E-state index in [1.807, 2.05) is 6.92 Å². The summed E-state index contributed by atoms with van der Waals surface area (Å²) in [6.45, 7) is 3.64. The van der Waals surface area contributed by atoms with Crippen molar-refractivity contribution in [2.45, 2.75) is 20.0 Å². The molecular weight excluding hydrogens is 277 g/mol. The van der Waals surface area contributed by atoms with Gasteiger partial charge in [-0.2, -0.15) is 0 Å². The van der Waals surface area contributed by atoms with Gasteiger partial charge in [-0.1, -0.05) is 17.5 Å². The zero-order chi connectivity index (χ0) is 11.4. The number of hydrogen-bond donors (Lipinski definition) is 1. The summed E-state index contributed by atoms with van der Waals surface area (Å²) in [7, 11) is 0. The first-order chi connectivity index (χ1) is 7.04. The summed E-state index contributed by atoms with van der Waals surface area (Å²) in [6.07, 6.45) is -0.174. The van der Waals surface area contributed by atoms with Crippen LogP contribution < -0.4 is 10.5 Å². The molecule has 0 aliphatic carbocycles. The van der Waals surface area contributed by atoms with Crippen LogP contribution in [0.15, 0.2) is 16.6 Å². The summed E-state index contributed by atoms with van der Waals surface area (Å²) in [5.74, 6) is 6.32. The molecule has 0 aliphatic rings. The van der Waals surface area contributed by atoms with Crippen LogP contribution in [0.3, 0.4) is 0 Å². The highest BCUT2D eigenvalue weighted by molar-refractivity contribution is 9.10. The van der Waals surface area contributed by atoms with Gasteiger partial charge in [-0.15, -0.1) is 5.92 Å². The zero-order valence-electron chi connectivity index (χ0n) is 8.47. The van der Waals surface area contributed by atoms with E-state index in [1.54, 1.807) is 19.1 Å². The fourth-order valence-electron chi connectivity index (χ4n) is 1.06. The quantitative estimate of drug-likeness (QED) is 0.668. The van der Waals surface area contributed by atoms with E-state index >= 15 is 0 Å². The van der Waals surface area contributed by atoms with Gasteiger partial charge in [-0.05, 0) is 35.8 Å². The van der Waals surface area contributed by atoms with Crippen molar-refractivity contribution in [2.75, 3.05) is 5.73 Å². The van der Waals surface area contributed by atoms with E-state index in [0.29, 0.717) is 16.5 Å². The lowest BCUT2D eigenvalue weighted by atomic mass is 10.3. The first kappa shape index (κ1) is 12.2. The summed E-state index contributed by atoms with van der Waals surface area (Å²) in [4.78, 5) is 0. The van der Waals surface area contributed by atoms with Crippen LogP contribution in [0, 0.1) is 11.8 Å². The predicted molar refractivity (Wildman–Crippen MR) is 67.1 cm³/mol. The van der Waals surface area contributed by atoms with E-state index < -0.39 is 0 Å². The highest BCUT2D eigenvalue weighted by Gasteiger charge is 2.08.